The number of methoxy groups -OCH3 is 1. The largest absolute Gasteiger partial charge is 0.464 e. The molecule has 1 aromatic heterocycles. The van der Waals surface area contributed by atoms with Gasteiger partial charge in [-0.1, -0.05) is 6.07 Å². The molecule has 0 unspecified atom stereocenters. The van der Waals surface area contributed by atoms with Crippen molar-refractivity contribution in [2.24, 2.45) is 5.41 Å². The first-order chi connectivity index (χ1) is 12.6. The van der Waals surface area contributed by atoms with Crippen LogP contribution >= 0.6 is 0 Å². The first-order valence-electron chi connectivity index (χ1n) is 9.41. The van der Waals surface area contributed by atoms with Crippen LogP contribution in [0.2, 0.25) is 0 Å². The van der Waals surface area contributed by atoms with E-state index < -0.39 is 11.6 Å². The first kappa shape index (κ1) is 19.5. The van der Waals surface area contributed by atoms with Gasteiger partial charge in [0.05, 0.1) is 7.11 Å². The Labute approximate surface area is 160 Å². The smallest absolute Gasteiger partial charge is 0.410 e. The van der Waals surface area contributed by atoms with Gasteiger partial charge in [0.25, 0.3) is 0 Å². The maximum atomic E-state index is 12.3. The molecule has 148 valence electrons. The van der Waals surface area contributed by atoms with Crippen molar-refractivity contribution in [1.29, 1.82) is 0 Å². The number of anilines is 1. The molecule has 2 aliphatic rings. The summed E-state index contributed by atoms with van der Waals surface area (Å²) in [6.45, 7) is 10.8. The van der Waals surface area contributed by atoms with Crippen LogP contribution in [0.15, 0.2) is 12.1 Å². The Kier molecular flexibility index (Phi) is 5.06. The number of esters is 1. The van der Waals surface area contributed by atoms with Crippen molar-refractivity contribution in [3.05, 3.63) is 23.4 Å². The van der Waals surface area contributed by atoms with Crippen LogP contribution in [0.5, 0.6) is 0 Å². The van der Waals surface area contributed by atoms with E-state index in [1.807, 2.05) is 33.8 Å². The zero-order chi connectivity index (χ0) is 19.8. The number of nitrogens with zero attached hydrogens (tertiary/aromatic N) is 3. The van der Waals surface area contributed by atoms with Crippen LogP contribution in [0, 0.1) is 12.3 Å². The van der Waals surface area contributed by atoms with Crippen molar-refractivity contribution in [3.8, 4) is 0 Å². The minimum atomic E-state index is -0.478. The summed E-state index contributed by atoms with van der Waals surface area (Å²) in [5.41, 5.74) is 0.947. The molecule has 7 nitrogen and oxygen atoms in total. The predicted octanol–water partition coefficient (Wildman–Crippen LogP) is 3.01. The fraction of sp³-hybridized carbons (Fsp3) is 0.650. The second kappa shape index (κ2) is 7.02. The van der Waals surface area contributed by atoms with Crippen LogP contribution in [0.25, 0.3) is 0 Å². The summed E-state index contributed by atoms with van der Waals surface area (Å²) >= 11 is 0. The number of ether oxygens (including phenoxy) is 2. The molecule has 0 N–H and O–H groups in total. The number of carbonyl (C=O) groups is 2. The third-order valence-corrected chi connectivity index (χ3v) is 5.13. The second-order valence-electron chi connectivity index (χ2n) is 8.69. The zero-order valence-electron chi connectivity index (χ0n) is 16.9. The number of hydrogen-bond acceptors (Lipinski definition) is 6. The van der Waals surface area contributed by atoms with E-state index >= 15 is 0 Å². The van der Waals surface area contributed by atoms with E-state index in [-0.39, 0.29) is 11.5 Å². The normalized spacial score (nSPS) is 18.9. The van der Waals surface area contributed by atoms with Gasteiger partial charge in [-0.25, -0.2) is 14.6 Å². The quantitative estimate of drug-likeness (QED) is 0.740. The van der Waals surface area contributed by atoms with Crippen LogP contribution < -0.4 is 4.90 Å². The van der Waals surface area contributed by atoms with Gasteiger partial charge in [0, 0.05) is 31.6 Å². The lowest BCUT2D eigenvalue weighted by Gasteiger charge is -2.54. The highest BCUT2D eigenvalue weighted by Crippen LogP contribution is 2.41. The lowest BCUT2D eigenvalue weighted by Crippen LogP contribution is -2.65. The van der Waals surface area contributed by atoms with Crippen LogP contribution in [0.4, 0.5) is 10.6 Å². The van der Waals surface area contributed by atoms with Gasteiger partial charge in [0.15, 0.2) is 5.69 Å². The van der Waals surface area contributed by atoms with Gasteiger partial charge in [0.1, 0.15) is 11.4 Å². The van der Waals surface area contributed by atoms with Crippen molar-refractivity contribution < 1.29 is 19.1 Å². The Balaban J connectivity index is 1.69. The molecular formula is C20H29N3O4. The van der Waals surface area contributed by atoms with Crippen molar-refractivity contribution in [3.63, 3.8) is 0 Å². The number of hydrogen-bond donors (Lipinski definition) is 0. The molecular weight excluding hydrogens is 346 g/mol. The van der Waals surface area contributed by atoms with Gasteiger partial charge in [0.2, 0.25) is 0 Å². The first-order valence-corrected chi connectivity index (χ1v) is 9.41. The molecule has 1 aromatic rings. The van der Waals surface area contributed by atoms with Gasteiger partial charge in [-0.05, 0) is 52.2 Å². The number of carbonyl (C=O) groups excluding carboxylic acids is 2. The Morgan fingerprint density at radius 2 is 1.89 bits per heavy atom. The van der Waals surface area contributed by atoms with Gasteiger partial charge in [-0.3, -0.25) is 0 Å². The molecule has 2 aliphatic heterocycles. The summed E-state index contributed by atoms with van der Waals surface area (Å²) < 4.78 is 10.3. The molecule has 0 aromatic carbocycles. The predicted molar refractivity (Wildman–Crippen MR) is 102 cm³/mol. The highest BCUT2D eigenvalue weighted by molar-refractivity contribution is 5.87. The number of aromatic nitrogens is 1. The fourth-order valence-corrected chi connectivity index (χ4v) is 3.92. The van der Waals surface area contributed by atoms with E-state index in [2.05, 4.69) is 9.88 Å². The monoisotopic (exact) mass is 375 g/mol. The van der Waals surface area contributed by atoms with Crippen molar-refractivity contribution in [2.75, 3.05) is 38.2 Å². The maximum Gasteiger partial charge on any atom is 0.410 e. The number of aryl methyl sites for hydroxylation is 1. The summed E-state index contributed by atoms with van der Waals surface area (Å²) in [5, 5.41) is 0. The molecule has 2 fully saturated rings. The second-order valence-corrected chi connectivity index (χ2v) is 8.69. The van der Waals surface area contributed by atoms with E-state index in [1.165, 1.54) is 7.11 Å². The fourth-order valence-electron chi connectivity index (χ4n) is 3.92. The minimum absolute atomic E-state index is 0.0740. The lowest BCUT2D eigenvalue weighted by molar-refractivity contribution is -0.0391. The molecule has 1 amide bonds. The Hall–Kier alpha value is -2.31. The summed E-state index contributed by atoms with van der Waals surface area (Å²) in [5.74, 6) is 0.399. The number of pyridine rings is 1. The van der Waals surface area contributed by atoms with Crippen molar-refractivity contribution in [2.45, 2.75) is 46.1 Å². The molecule has 0 saturated carbocycles. The molecule has 0 atom stereocenters. The third-order valence-electron chi connectivity index (χ3n) is 5.13. The molecule has 0 radical (unpaired) electrons. The third kappa shape index (κ3) is 4.17. The number of rotatable bonds is 2. The molecule has 1 spiro atoms. The van der Waals surface area contributed by atoms with E-state index in [0.717, 1.165) is 37.3 Å². The van der Waals surface area contributed by atoms with Crippen LogP contribution in [0.3, 0.4) is 0 Å². The number of piperidine rings is 1. The molecule has 7 heteroatoms. The lowest BCUT2D eigenvalue weighted by atomic mass is 9.73. The summed E-state index contributed by atoms with van der Waals surface area (Å²) in [6.07, 6.45) is 1.87. The minimum Gasteiger partial charge on any atom is -0.464 e. The number of likely N-dealkylation sites (tertiary alicyclic amines) is 1. The SMILES string of the molecule is COC(=O)c1ccc(C)c(N2CCCC3(CN(C(=O)OC(C)(C)C)C3)C2)n1. The Bertz CT molecular complexity index is 735. The average Bonchev–Trinajstić information content (AvgIpc) is 2.58. The molecule has 3 rings (SSSR count). The van der Waals surface area contributed by atoms with Crippen molar-refractivity contribution >= 4 is 17.9 Å². The highest BCUT2D eigenvalue weighted by atomic mass is 16.6. The van der Waals surface area contributed by atoms with Crippen LogP contribution in [-0.4, -0.2) is 60.8 Å². The van der Waals surface area contributed by atoms with Crippen LogP contribution in [-0.2, 0) is 9.47 Å². The molecule has 0 bridgehead atoms. The highest BCUT2D eigenvalue weighted by Gasteiger charge is 2.48. The van der Waals surface area contributed by atoms with E-state index in [1.54, 1.807) is 11.0 Å². The topological polar surface area (TPSA) is 72.0 Å². The van der Waals surface area contributed by atoms with Gasteiger partial charge in [-0.2, -0.15) is 0 Å². The average molecular weight is 375 g/mol. The van der Waals surface area contributed by atoms with Crippen molar-refractivity contribution in [1.82, 2.24) is 9.88 Å². The summed E-state index contributed by atoms with van der Waals surface area (Å²) in [4.78, 5) is 32.6. The van der Waals surface area contributed by atoms with E-state index in [0.29, 0.717) is 18.8 Å². The Morgan fingerprint density at radius 3 is 2.52 bits per heavy atom. The van der Waals surface area contributed by atoms with E-state index in [9.17, 15) is 9.59 Å². The summed E-state index contributed by atoms with van der Waals surface area (Å²) in [6, 6.07) is 3.60. The Morgan fingerprint density at radius 1 is 1.19 bits per heavy atom. The maximum absolute atomic E-state index is 12.3. The van der Waals surface area contributed by atoms with E-state index in [4.69, 9.17) is 9.47 Å². The zero-order valence-corrected chi connectivity index (χ0v) is 16.9. The van der Waals surface area contributed by atoms with Gasteiger partial charge >= 0.3 is 12.1 Å². The number of amides is 1. The molecule has 27 heavy (non-hydrogen) atoms. The molecule has 3 heterocycles. The van der Waals surface area contributed by atoms with Gasteiger partial charge < -0.3 is 19.3 Å². The molecule has 0 aliphatic carbocycles. The van der Waals surface area contributed by atoms with Gasteiger partial charge in [-0.15, -0.1) is 0 Å². The standard InChI is InChI=1S/C20H29N3O4/c1-14-7-8-15(17(24)26-5)21-16(14)22-10-6-9-20(11-22)12-23(13-20)18(25)27-19(2,3)4/h7-8H,6,9-13H2,1-5H3. The molecule has 2 saturated heterocycles. The summed E-state index contributed by atoms with van der Waals surface area (Å²) in [7, 11) is 1.36. The van der Waals surface area contributed by atoms with Crippen LogP contribution in [0.1, 0.15) is 49.7 Å².